The molecule has 1 aromatic heterocycles. The van der Waals surface area contributed by atoms with Crippen LogP contribution in [0.15, 0.2) is 46.9 Å². The molecule has 0 unspecified atom stereocenters. The minimum absolute atomic E-state index is 0.00973. The molecule has 0 aliphatic heterocycles. The molecule has 3 nitrogen and oxygen atoms in total. The Morgan fingerprint density at radius 2 is 2.04 bits per heavy atom. The van der Waals surface area contributed by atoms with E-state index in [-0.39, 0.29) is 11.5 Å². The predicted molar refractivity (Wildman–Crippen MR) is 103 cm³/mol. The van der Waals surface area contributed by atoms with Crippen LogP contribution < -0.4 is 0 Å². The molecule has 0 spiro atoms. The van der Waals surface area contributed by atoms with Gasteiger partial charge >= 0.3 is 0 Å². The molecule has 25 heavy (non-hydrogen) atoms. The van der Waals surface area contributed by atoms with E-state index in [1.165, 1.54) is 5.56 Å². The number of fused-ring (bicyclic) bond motifs is 2. The van der Waals surface area contributed by atoms with Crippen molar-refractivity contribution < 1.29 is 5.11 Å². The summed E-state index contributed by atoms with van der Waals surface area (Å²) in [6.45, 7) is 6.55. The van der Waals surface area contributed by atoms with Gasteiger partial charge in [-0.2, -0.15) is 0 Å². The van der Waals surface area contributed by atoms with Gasteiger partial charge in [0.25, 0.3) is 0 Å². The molecule has 0 radical (unpaired) electrons. The maximum absolute atomic E-state index is 11.2. The topological polar surface area (TPSA) is 45.5 Å². The molecular weight excluding hydrogens is 328 g/mol. The first-order chi connectivity index (χ1) is 11.9. The summed E-state index contributed by atoms with van der Waals surface area (Å²) in [7, 11) is 0. The maximum Gasteiger partial charge on any atom is 0.117 e. The Bertz CT molecular complexity index is 764. The first-order valence-electron chi connectivity index (χ1n) is 9.12. The van der Waals surface area contributed by atoms with E-state index in [9.17, 15) is 5.11 Å². The predicted octanol–water partition coefficient (Wildman–Crippen LogP) is 4.68. The van der Waals surface area contributed by atoms with E-state index in [1.54, 1.807) is 11.3 Å². The number of benzene rings is 1. The molecular formula is C21H26N2OS. The highest BCUT2D eigenvalue weighted by Crippen LogP contribution is 2.61. The van der Waals surface area contributed by atoms with E-state index in [4.69, 9.17) is 4.99 Å². The van der Waals surface area contributed by atoms with Crippen molar-refractivity contribution in [1.82, 2.24) is 4.98 Å². The van der Waals surface area contributed by atoms with Crippen molar-refractivity contribution >= 4 is 17.0 Å². The van der Waals surface area contributed by atoms with Crippen molar-refractivity contribution in [3.63, 3.8) is 0 Å². The summed E-state index contributed by atoms with van der Waals surface area (Å²) in [5.41, 5.74) is 1.65. The Morgan fingerprint density at radius 1 is 1.28 bits per heavy atom. The van der Waals surface area contributed by atoms with Gasteiger partial charge in [0.1, 0.15) is 16.7 Å². The van der Waals surface area contributed by atoms with Gasteiger partial charge in [0.2, 0.25) is 0 Å². The molecule has 3 fully saturated rings. The Balaban J connectivity index is 1.66. The highest BCUT2D eigenvalue weighted by molar-refractivity contribution is 7.09. The molecule has 3 aliphatic carbocycles. The molecule has 132 valence electrons. The lowest BCUT2D eigenvalue weighted by Crippen LogP contribution is -2.64. The zero-order chi connectivity index (χ0) is 17.7. The number of aliphatic hydroxyl groups is 1. The first-order valence-corrected chi connectivity index (χ1v) is 10.00. The highest BCUT2D eigenvalue weighted by Gasteiger charge is 2.61. The molecule has 5 rings (SSSR count). The van der Waals surface area contributed by atoms with Crippen LogP contribution in [-0.4, -0.2) is 21.4 Å². The quantitative estimate of drug-likeness (QED) is 0.866. The van der Waals surface area contributed by atoms with Crippen molar-refractivity contribution in [2.24, 2.45) is 22.2 Å². The lowest BCUT2D eigenvalue weighted by atomic mass is 9.44. The molecule has 4 heteroatoms. The minimum atomic E-state index is -0.801. The fraction of sp³-hybridized carbons (Fsp3) is 0.524. The SMILES string of the molecule is CC1(C)[C@@H]2CC(=N[C@H](Cc3ccccc3)c3nccs3)[C@@](C)(O)[C@H]1C2. The normalized spacial score (nSPS) is 33.0. The molecule has 3 aliphatic rings. The zero-order valence-electron chi connectivity index (χ0n) is 15.1. The summed E-state index contributed by atoms with van der Waals surface area (Å²) >= 11 is 1.65. The molecule has 4 atom stereocenters. The van der Waals surface area contributed by atoms with Crippen LogP contribution in [0.3, 0.4) is 0 Å². The summed E-state index contributed by atoms with van der Waals surface area (Å²) < 4.78 is 0. The summed E-state index contributed by atoms with van der Waals surface area (Å²) in [5, 5.41) is 14.3. The van der Waals surface area contributed by atoms with Crippen LogP contribution in [0.2, 0.25) is 0 Å². The van der Waals surface area contributed by atoms with Gasteiger partial charge in [-0.15, -0.1) is 11.3 Å². The van der Waals surface area contributed by atoms with Gasteiger partial charge < -0.3 is 5.11 Å². The van der Waals surface area contributed by atoms with E-state index in [1.807, 2.05) is 24.6 Å². The van der Waals surface area contributed by atoms with E-state index >= 15 is 0 Å². The Morgan fingerprint density at radius 3 is 2.64 bits per heavy atom. The summed E-state index contributed by atoms with van der Waals surface area (Å²) in [6.07, 6.45) is 4.71. The van der Waals surface area contributed by atoms with Gasteiger partial charge in [-0.1, -0.05) is 44.2 Å². The smallest absolute Gasteiger partial charge is 0.117 e. The third kappa shape index (κ3) is 2.85. The van der Waals surface area contributed by atoms with Gasteiger partial charge in [-0.3, -0.25) is 4.99 Å². The van der Waals surface area contributed by atoms with Gasteiger partial charge in [0.05, 0.1) is 0 Å². The second-order valence-electron chi connectivity index (χ2n) is 8.31. The number of hydrogen-bond donors (Lipinski definition) is 1. The Kier molecular flexibility index (Phi) is 4.08. The highest BCUT2D eigenvalue weighted by atomic mass is 32.1. The van der Waals surface area contributed by atoms with E-state index < -0.39 is 5.60 Å². The van der Waals surface area contributed by atoms with Crippen LogP contribution in [0.1, 0.15) is 50.2 Å². The first kappa shape index (κ1) is 16.9. The minimum Gasteiger partial charge on any atom is -0.384 e. The van der Waals surface area contributed by atoms with E-state index in [2.05, 4.69) is 43.1 Å². The average molecular weight is 355 g/mol. The summed E-state index contributed by atoms with van der Waals surface area (Å²) in [6, 6.07) is 10.4. The number of hydrogen-bond acceptors (Lipinski definition) is 4. The number of nitrogens with zero attached hydrogens (tertiary/aromatic N) is 2. The standard InChI is InChI=1S/C21H26N2OS/c1-20(2)15-12-17(20)21(3,24)18(13-15)23-16(19-22-9-10-25-19)11-14-7-5-4-6-8-14/h4-10,15-17,24H,11-13H2,1-3H3/t15-,16+,17-,21-/m0/s1. The van der Waals surface area contributed by atoms with Crippen LogP contribution in [0.4, 0.5) is 0 Å². The molecule has 2 aromatic rings. The third-order valence-corrected chi connectivity index (χ3v) is 7.37. The van der Waals surface area contributed by atoms with Crippen molar-refractivity contribution in [2.75, 3.05) is 0 Å². The van der Waals surface area contributed by atoms with Crippen LogP contribution in [-0.2, 0) is 6.42 Å². The molecule has 3 saturated carbocycles. The molecule has 0 amide bonds. The van der Waals surface area contributed by atoms with E-state index in [0.29, 0.717) is 11.8 Å². The number of rotatable bonds is 4. The van der Waals surface area contributed by atoms with E-state index in [0.717, 1.165) is 30.0 Å². The van der Waals surface area contributed by atoms with Crippen LogP contribution >= 0.6 is 11.3 Å². The molecule has 0 saturated heterocycles. The lowest BCUT2D eigenvalue weighted by molar-refractivity contribution is -0.134. The fourth-order valence-electron chi connectivity index (χ4n) is 4.75. The summed E-state index contributed by atoms with van der Waals surface area (Å²) in [4.78, 5) is 9.60. The fourth-order valence-corrected chi connectivity index (χ4v) is 5.43. The summed E-state index contributed by atoms with van der Waals surface area (Å²) in [5.74, 6) is 0.955. The Labute approximate surface area is 153 Å². The molecule has 2 bridgehead atoms. The van der Waals surface area contributed by atoms with Crippen LogP contribution in [0, 0.1) is 17.3 Å². The second-order valence-corrected chi connectivity index (χ2v) is 9.24. The van der Waals surface area contributed by atoms with Gasteiger partial charge in [-0.25, -0.2) is 4.98 Å². The number of thiazole rings is 1. The number of aromatic nitrogens is 1. The largest absolute Gasteiger partial charge is 0.384 e. The zero-order valence-corrected chi connectivity index (χ0v) is 16.0. The van der Waals surface area contributed by atoms with Gasteiger partial charge in [0.15, 0.2) is 0 Å². The van der Waals surface area contributed by atoms with Gasteiger partial charge in [-0.05, 0) is 42.6 Å². The second kappa shape index (κ2) is 6.03. The van der Waals surface area contributed by atoms with Crippen molar-refractivity contribution in [1.29, 1.82) is 0 Å². The molecule has 1 heterocycles. The van der Waals surface area contributed by atoms with Crippen molar-refractivity contribution in [3.05, 3.63) is 52.5 Å². The van der Waals surface area contributed by atoms with Crippen molar-refractivity contribution in [3.8, 4) is 0 Å². The number of aliphatic imine (C=N–C) groups is 1. The Hall–Kier alpha value is -1.52. The van der Waals surface area contributed by atoms with Crippen LogP contribution in [0.5, 0.6) is 0 Å². The molecule has 1 N–H and O–H groups in total. The maximum atomic E-state index is 11.2. The van der Waals surface area contributed by atoms with Crippen molar-refractivity contribution in [2.45, 2.75) is 51.7 Å². The van der Waals surface area contributed by atoms with Crippen LogP contribution in [0.25, 0.3) is 0 Å². The third-order valence-electron chi connectivity index (χ3n) is 6.49. The molecule has 1 aromatic carbocycles. The lowest BCUT2D eigenvalue weighted by Gasteiger charge is -2.62. The average Bonchev–Trinajstić information content (AvgIpc) is 3.10. The monoisotopic (exact) mass is 354 g/mol. The van der Waals surface area contributed by atoms with Gasteiger partial charge in [0, 0.05) is 23.7 Å².